The van der Waals surface area contributed by atoms with Gasteiger partial charge in [-0.2, -0.15) is 5.10 Å². The number of nitrogens with zero attached hydrogens (tertiary/aromatic N) is 4. The fraction of sp³-hybridized carbons (Fsp3) is 0.290. The Hall–Kier alpha value is -4.35. The Kier molecular flexibility index (Phi) is 9.18. The van der Waals surface area contributed by atoms with Gasteiger partial charge >= 0.3 is 0 Å². The molecule has 0 spiro atoms. The van der Waals surface area contributed by atoms with Gasteiger partial charge in [0.2, 0.25) is 0 Å². The van der Waals surface area contributed by atoms with E-state index in [-0.39, 0.29) is 5.69 Å². The summed E-state index contributed by atoms with van der Waals surface area (Å²) < 4.78 is 16.7. The molecule has 1 aromatic heterocycles. The minimum absolute atomic E-state index is 0.261. The van der Waals surface area contributed by atoms with E-state index in [0.29, 0.717) is 29.4 Å². The van der Waals surface area contributed by atoms with Gasteiger partial charge in [0.1, 0.15) is 5.82 Å². The van der Waals surface area contributed by atoms with Crippen LogP contribution in [-0.2, 0) is 7.05 Å². The van der Waals surface area contributed by atoms with Crippen LogP contribution < -0.4 is 16.4 Å². The van der Waals surface area contributed by atoms with Crippen LogP contribution in [0.1, 0.15) is 37.3 Å². The van der Waals surface area contributed by atoms with Crippen LogP contribution in [0.5, 0.6) is 0 Å². The Bertz CT molecular complexity index is 1430. The van der Waals surface area contributed by atoms with Crippen LogP contribution >= 0.6 is 0 Å². The van der Waals surface area contributed by atoms with E-state index in [2.05, 4.69) is 57.2 Å². The zero-order valence-corrected chi connectivity index (χ0v) is 22.7. The number of anilines is 1. The summed E-state index contributed by atoms with van der Waals surface area (Å²) in [5, 5.41) is 10.8. The molecular formula is C31H36FN7. The highest BCUT2D eigenvalue weighted by Gasteiger charge is 2.20. The Morgan fingerprint density at radius 2 is 2.15 bits per heavy atom. The Morgan fingerprint density at radius 3 is 2.82 bits per heavy atom. The third-order valence-corrected chi connectivity index (χ3v) is 7.01. The first kappa shape index (κ1) is 27.7. The van der Waals surface area contributed by atoms with Crippen LogP contribution in [0.25, 0.3) is 11.3 Å². The number of nitrogens with two attached hydrogens (primary N) is 1. The molecule has 8 heteroatoms. The van der Waals surface area contributed by atoms with E-state index >= 15 is 0 Å². The first-order valence-electron chi connectivity index (χ1n) is 13.1. The predicted octanol–water partition coefficient (Wildman–Crippen LogP) is 5.12. The normalized spacial score (nSPS) is 17.5. The van der Waals surface area contributed by atoms with Crippen LogP contribution in [0.4, 0.5) is 10.1 Å². The second-order valence-electron chi connectivity index (χ2n) is 9.63. The lowest BCUT2D eigenvalue weighted by Crippen LogP contribution is -2.33. The Balaban J connectivity index is 1.50. The summed E-state index contributed by atoms with van der Waals surface area (Å²) >= 11 is 0. The van der Waals surface area contributed by atoms with Crippen molar-refractivity contribution < 1.29 is 4.39 Å². The Morgan fingerprint density at radius 1 is 1.31 bits per heavy atom. The van der Waals surface area contributed by atoms with Gasteiger partial charge in [0.05, 0.1) is 29.0 Å². The molecule has 0 radical (unpaired) electrons. The molecule has 2 aromatic rings. The number of nitrogens with one attached hydrogen (secondary N) is 2. The molecule has 3 heterocycles. The lowest BCUT2D eigenvalue weighted by Gasteiger charge is -2.21. The summed E-state index contributed by atoms with van der Waals surface area (Å²) in [7, 11) is 1.87. The maximum Gasteiger partial charge on any atom is 0.146 e. The third kappa shape index (κ3) is 6.75. The topological polar surface area (TPSA) is 83.5 Å². The van der Waals surface area contributed by atoms with Gasteiger partial charge in [-0.25, -0.2) is 4.39 Å². The van der Waals surface area contributed by atoms with E-state index in [1.807, 2.05) is 25.4 Å². The molecule has 202 valence electrons. The highest BCUT2D eigenvalue weighted by atomic mass is 19.1. The SMILES string of the molecule is C=C=C(Nc1cc(C(=C=C)NCCN2CCC[C@@H]2C)ccc1F)/C(=C/N)C1=NC=C(c2cnn(C)c2)C=CC1. The van der Waals surface area contributed by atoms with Crippen LogP contribution in [0.2, 0.25) is 0 Å². The fourth-order valence-corrected chi connectivity index (χ4v) is 4.82. The predicted molar refractivity (Wildman–Crippen MR) is 158 cm³/mol. The van der Waals surface area contributed by atoms with E-state index in [0.717, 1.165) is 42.0 Å². The molecule has 1 aromatic carbocycles. The number of hydrogen-bond acceptors (Lipinski definition) is 6. The van der Waals surface area contributed by atoms with E-state index in [1.54, 1.807) is 29.2 Å². The molecule has 39 heavy (non-hydrogen) atoms. The molecule has 1 fully saturated rings. The minimum atomic E-state index is -0.418. The third-order valence-electron chi connectivity index (χ3n) is 7.01. The van der Waals surface area contributed by atoms with Crippen molar-refractivity contribution in [2.24, 2.45) is 17.8 Å². The smallest absolute Gasteiger partial charge is 0.146 e. The van der Waals surface area contributed by atoms with Crippen molar-refractivity contribution in [3.63, 3.8) is 0 Å². The summed E-state index contributed by atoms with van der Waals surface area (Å²) in [6.07, 6.45) is 13.9. The largest absolute Gasteiger partial charge is 0.404 e. The summed E-state index contributed by atoms with van der Waals surface area (Å²) in [6.45, 7) is 12.7. The van der Waals surface area contributed by atoms with Gasteiger partial charge in [-0.15, -0.1) is 11.5 Å². The van der Waals surface area contributed by atoms with Crippen molar-refractivity contribution in [3.05, 3.63) is 108 Å². The van der Waals surface area contributed by atoms with Crippen molar-refractivity contribution in [1.29, 1.82) is 0 Å². The summed E-state index contributed by atoms with van der Waals surface area (Å²) in [6, 6.07) is 5.45. The molecule has 0 unspecified atom stereocenters. The molecule has 2 aliphatic heterocycles. The number of likely N-dealkylation sites (tertiary alicyclic amines) is 1. The summed E-state index contributed by atoms with van der Waals surface area (Å²) in [5.74, 6) is -0.418. The van der Waals surface area contributed by atoms with Crippen LogP contribution in [0.3, 0.4) is 0 Å². The van der Waals surface area contributed by atoms with Crippen molar-refractivity contribution in [2.75, 3.05) is 25.0 Å². The van der Waals surface area contributed by atoms with Crippen LogP contribution in [-0.4, -0.2) is 46.1 Å². The first-order valence-corrected chi connectivity index (χ1v) is 13.1. The van der Waals surface area contributed by atoms with Gasteiger partial charge in [-0.1, -0.05) is 25.3 Å². The second-order valence-corrected chi connectivity index (χ2v) is 9.63. The standard InChI is InChI=1S/C31H36FN7/c1-5-28(34-14-16-39-15-8-9-22(39)3)23-12-13-27(32)31(17-23)37-29(6-2)26(18-33)30-11-7-10-24(19-35-30)25-20-36-38(4)21-25/h7,10,12-13,17-22,34,37H,1-2,8-9,11,14-16,33H2,3-4H3/b26-18-/t22-/m0/s1. The van der Waals surface area contributed by atoms with Gasteiger partial charge in [0.15, 0.2) is 0 Å². The minimum Gasteiger partial charge on any atom is -0.404 e. The number of allylic oxidation sites excluding steroid dienone is 4. The molecule has 2 aliphatic rings. The Labute approximate surface area is 230 Å². The highest BCUT2D eigenvalue weighted by molar-refractivity contribution is 6.06. The number of aromatic nitrogens is 2. The summed E-state index contributed by atoms with van der Waals surface area (Å²) in [5.41, 5.74) is 17.2. The molecular weight excluding hydrogens is 489 g/mol. The zero-order chi connectivity index (χ0) is 27.8. The zero-order valence-electron chi connectivity index (χ0n) is 22.7. The molecule has 4 rings (SSSR count). The monoisotopic (exact) mass is 525 g/mol. The number of aliphatic imine (C=N–C) groups is 1. The van der Waals surface area contributed by atoms with Gasteiger partial charge in [-0.3, -0.25) is 14.6 Å². The van der Waals surface area contributed by atoms with E-state index in [1.165, 1.54) is 25.1 Å². The number of halogens is 1. The number of benzene rings is 1. The quantitative estimate of drug-likeness (QED) is 0.296. The lowest BCUT2D eigenvalue weighted by molar-refractivity contribution is 0.272. The maximum atomic E-state index is 14.9. The van der Waals surface area contributed by atoms with E-state index in [4.69, 9.17) is 5.73 Å². The van der Waals surface area contributed by atoms with Crippen molar-refractivity contribution in [1.82, 2.24) is 20.0 Å². The average Bonchev–Trinajstić information content (AvgIpc) is 3.48. The number of aryl methyl sites for hydroxylation is 1. The molecule has 1 atom stereocenters. The van der Waals surface area contributed by atoms with E-state index < -0.39 is 5.82 Å². The molecule has 0 bridgehead atoms. The number of hydrogen-bond donors (Lipinski definition) is 3. The summed E-state index contributed by atoms with van der Waals surface area (Å²) in [4.78, 5) is 7.14. The molecule has 0 saturated carbocycles. The van der Waals surface area contributed by atoms with Gasteiger partial charge in [-0.05, 0) is 44.5 Å². The second kappa shape index (κ2) is 12.9. The fourth-order valence-electron chi connectivity index (χ4n) is 4.82. The number of rotatable bonds is 10. The van der Waals surface area contributed by atoms with Crippen molar-refractivity contribution in [2.45, 2.75) is 32.2 Å². The van der Waals surface area contributed by atoms with Crippen molar-refractivity contribution in [3.8, 4) is 0 Å². The van der Waals surface area contributed by atoms with Crippen LogP contribution in [0.15, 0.2) is 96.0 Å². The van der Waals surface area contributed by atoms with Crippen molar-refractivity contribution >= 4 is 22.7 Å². The molecule has 1 saturated heterocycles. The van der Waals surface area contributed by atoms with Gasteiger partial charge in [0, 0.05) is 73.5 Å². The van der Waals surface area contributed by atoms with Gasteiger partial charge in [0.25, 0.3) is 0 Å². The lowest BCUT2D eigenvalue weighted by atomic mass is 10.0. The molecule has 0 aliphatic carbocycles. The average molecular weight is 526 g/mol. The van der Waals surface area contributed by atoms with E-state index in [9.17, 15) is 4.39 Å². The van der Waals surface area contributed by atoms with Crippen LogP contribution in [0, 0.1) is 5.82 Å². The highest BCUT2D eigenvalue weighted by Crippen LogP contribution is 2.26. The molecule has 7 nitrogen and oxygen atoms in total. The van der Waals surface area contributed by atoms with Gasteiger partial charge < -0.3 is 16.4 Å². The maximum absolute atomic E-state index is 14.9. The first-order chi connectivity index (χ1) is 18.9. The molecule has 0 amide bonds. The molecule has 4 N–H and O–H groups in total.